The molecule has 0 unspecified atom stereocenters. The molecule has 1 heterocycles. The van der Waals surface area contributed by atoms with Crippen LogP contribution in [0, 0.1) is 17.3 Å². The average molecular weight is 330 g/mol. The molecule has 24 heavy (non-hydrogen) atoms. The standard InChI is InChI=1S/C21H30O3/c1-12(2)9-10-13(3)17-14(4)11-15(5)19-21(17,7)18(22)16(6)20(23-8)24-19/h10-12,17H,9H2,1-8H3/b13-10+/t17-,21-/m1/s1. The van der Waals surface area contributed by atoms with E-state index in [0.29, 0.717) is 17.4 Å². The Hall–Kier alpha value is -1.77. The Kier molecular flexibility index (Phi) is 5.12. The third-order valence-corrected chi connectivity index (χ3v) is 5.17. The van der Waals surface area contributed by atoms with Gasteiger partial charge in [-0.25, -0.2) is 0 Å². The van der Waals surface area contributed by atoms with E-state index in [1.165, 1.54) is 11.1 Å². The molecule has 0 aromatic carbocycles. The van der Waals surface area contributed by atoms with E-state index in [-0.39, 0.29) is 11.7 Å². The fourth-order valence-electron chi connectivity index (χ4n) is 4.11. The van der Waals surface area contributed by atoms with Crippen LogP contribution in [0.25, 0.3) is 0 Å². The fraction of sp³-hybridized carbons (Fsp3) is 0.571. The van der Waals surface area contributed by atoms with Crippen LogP contribution in [0.15, 0.2) is 46.1 Å². The minimum absolute atomic E-state index is 0.0239. The van der Waals surface area contributed by atoms with E-state index in [0.717, 1.165) is 17.8 Å². The van der Waals surface area contributed by atoms with Crippen molar-refractivity contribution in [3.8, 4) is 0 Å². The molecule has 0 saturated carbocycles. The van der Waals surface area contributed by atoms with Gasteiger partial charge in [-0.2, -0.15) is 0 Å². The lowest BCUT2D eigenvalue weighted by Gasteiger charge is -2.45. The minimum Gasteiger partial charge on any atom is -0.468 e. The van der Waals surface area contributed by atoms with E-state index >= 15 is 0 Å². The third kappa shape index (κ3) is 2.85. The summed E-state index contributed by atoms with van der Waals surface area (Å²) < 4.78 is 11.3. The molecule has 3 heteroatoms. The Morgan fingerprint density at radius 3 is 2.54 bits per heavy atom. The maximum Gasteiger partial charge on any atom is 0.290 e. The number of ether oxygens (including phenoxy) is 2. The number of rotatable bonds is 4. The van der Waals surface area contributed by atoms with Crippen LogP contribution in [-0.4, -0.2) is 12.9 Å². The predicted molar refractivity (Wildman–Crippen MR) is 97.1 cm³/mol. The van der Waals surface area contributed by atoms with Crippen molar-refractivity contribution in [2.45, 2.75) is 54.9 Å². The zero-order valence-electron chi connectivity index (χ0n) is 16.2. The SMILES string of the molecule is COC1=C(C)C(=O)[C@]2(C)C(=C(C)C=C(C)[C@H]2/C(C)=C/CC(C)C)O1. The summed E-state index contributed by atoms with van der Waals surface area (Å²) in [6.45, 7) is 14.5. The van der Waals surface area contributed by atoms with Crippen LogP contribution < -0.4 is 0 Å². The van der Waals surface area contributed by atoms with E-state index in [4.69, 9.17) is 9.47 Å². The molecule has 0 aromatic heterocycles. The number of carbonyl (C=O) groups is 1. The summed E-state index contributed by atoms with van der Waals surface area (Å²) in [5.74, 6) is 1.76. The van der Waals surface area contributed by atoms with Gasteiger partial charge in [-0.3, -0.25) is 4.79 Å². The molecular weight excluding hydrogens is 300 g/mol. The largest absolute Gasteiger partial charge is 0.468 e. The minimum atomic E-state index is -0.702. The highest BCUT2D eigenvalue weighted by Crippen LogP contribution is 2.53. The maximum absolute atomic E-state index is 13.3. The maximum atomic E-state index is 13.3. The first-order valence-electron chi connectivity index (χ1n) is 8.68. The second-order valence-corrected chi connectivity index (χ2v) is 7.66. The van der Waals surface area contributed by atoms with Gasteiger partial charge in [-0.15, -0.1) is 0 Å². The van der Waals surface area contributed by atoms with Crippen molar-refractivity contribution in [1.82, 2.24) is 0 Å². The summed E-state index contributed by atoms with van der Waals surface area (Å²) in [6.07, 6.45) is 5.42. The molecule has 2 rings (SSSR count). The van der Waals surface area contributed by atoms with Gasteiger partial charge in [0.25, 0.3) is 5.95 Å². The van der Waals surface area contributed by atoms with Gasteiger partial charge < -0.3 is 9.47 Å². The summed E-state index contributed by atoms with van der Waals surface area (Å²) in [4.78, 5) is 13.3. The first-order chi connectivity index (χ1) is 11.1. The highest BCUT2D eigenvalue weighted by Gasteiger charge is 2.53. The monoisotopic (exact) mass is 330 g/mol. The molecule has 2 atom stereocenters. The van der Waals surface area contributed by atoms with Gasteiger partial charge in [-0.1, -0.05) is 37.1 Å². The van der Waals surface area contributed by atoms with Gasteiger partial charge in [0.1, 0.15) is 5.76 Å². The van der Waals surface area contributed by atoms with Crippen molar-refractivity contribution < 1.29 is 14.3 Å². The van der Waals surface area contributed by atoms with Crippen LogP contribution in [0.1, 0.15) is 54.9 Å². The van der Waals surface area contributed by atoms with Crippen LogP contribution in [-0.2, 0) is 14.3 Å². The lowest BCUT2D eigenvalue weighted by atomic mass is 9.61. The molecule has 0 aromatic rings. The van der Waals surface area contributed by atoms with Crippen molar-refractivity contribution in [3.05, 3.63) is 46.1 Å². The third-order valence-electron chi connectivity index (χ3n) is 5.17. The fourth-order valence-corrected chi connectivity index (χ4v) is 4.11. The summed E-state index contributed by atoms with van der Waals surface area (Å²) in [7, 11) is 1.54. The van der Waals surface area contributed by atoms with E-state index in [9.17, 15) is 4.79 Å². The van der Waals surface area contributed by atoms with Crippen molar-refractivity contribution >= 4 is 5.78 Å². The molecule has 132 valence electrons. The van der Waals surface area contributed by atoms with Crippen molar-refractivity contribution in [2.24, 2.45) is 17.3 Å². The Morgan fingerprint density at radius 1 is 1.38 bits per heavy atom. The number of ketones is 1. The molecule has 0 amide bonds. The van der Waals surface area contributed by atoms with E-state index < -0.39 is 5.41 Å². The Morgan fingerprint density at radius 2 is 2.00 bits per heavy atom. The average Bonchev–Trinajstić information content (AvgIpc) is 2.50. The van der Waals surface area contributed by atoms with E-state index in [1.807, 2.05) is 13.8 Å². The van der Waals surface area contributed by atoms with Crippen LogP contribution in [0.2, 0.25) is 0 Å². The summed E-state index contributed by atoms with van der Waals surface area (Å²) in [6, 6.07) is 0. The molecule has 0 saturated heterocycles. The summed E-state index contributed by atoms with van der Waals surface area (Å²) >= 11 is 0. The van der Waals surface area contributed by atoms with Gasteiger partial charge in [0.2, 0.25) is 0 Å². The number of allylic oxidation sites excluding steroid dienone is 7. The summed E-state index contributed by atoms with van der Waals surface area (Å²) in [5.41, 5.74) is 3.30. The Balaban J connectivity index is 2.60. The second-order valence-electron chi connectivity index (χ2n) is 7.66. The highest BCUT2D eigenvalue weighted by molar-refractivity contribution is 6.03. The van der Waals surface area contributed by atoms with Crippen molar-refractivity contribution in [1.29, 1.82) is 0 Å². The van der Waals surface area contributed by atoms with Crippen LogP contribution in [0.4, 0.5) is 0 Å². The van der Waals surface area contributed by atoms with Gasteiger partial charge in [0.15, 0.2) is 5.78 Å². The lowest BCUT2D eigenvalue weighted by molar-refractivity contribution is -0.129. The number of hydrogen-bond donors (Lipinski definition) is 0. The molecule has 0 fully saturated rings. The smallest absolute Gasteiger partial charge is 0.290 e. The molecular formula is C21H30O3. The summed E-state index contributed by atoms with van der Waals surface area (Å²) in [5, 5.41) is 0. The topological polar surface area (TPSA) is 35.5 Å². The zero-order chi connectivity index (χ0) is 18.2. The Bertz CT molecular complexity index is 673. The number of fused-ring (bicyclic) bond motifs is 1. The highest BCUT2D eigenvalue weighted by atomic mass is 16.7. The predicted octanol–water partition coefficient (Wildman–Crippen LogP) is 5.31. The number of hydrogen-bond acceptors (Lipinski definition) is 3. The quantitative estimate of drug-likeness (QED) is 0.655. The molecule has 2 aliphatic rings. The van der Waals surface area contributed by atoms with E-state index in [2.05, 4.69) is 39.8 Å². The van der Waals surface area contributed by atoms with Gasteiger partial charge in [0, 0.05) is 5.92 Å². The van der Waals surface area contributed by atoms with Gasteiger partial charge in [-0.05, 0) is 52.5 Å². The number of Topliss-reactive ketones (excluding diaryl/α,β-unsaturated/α-hetero) is 1. The van der Waals surface area contributed by atoms with Gasteiger partial charge >= 0.3 is 0 Å². The Labute approximate surface area is 146 Å². The first-order valence-corrected chi connectivity index (χ1v) is 8.68. The van der Waals surface area contributed by atoms with Crippen molar-refractivity contribution in [3.63, 3.8) is 0 Å². The zero-order valence-corrected chi connectivity index (χ0v) is 16.2. The first kappa shape index (κ1) is 18.6. The molecule has 1 aliphatic heterocycles. The number of methoxy groups -OCH3 is 1. The van der Waals surface area contributed by atoms with E-state index in [1.54, 1.807) is 14.0 Å². The molecule has 0 spiro atoms. The second kappa shape index (κ2) is 6.62. The molecule has 3 nitrogen and oxygen atoms in total. The normalized spacial score (nSPS) is 28.0. The van der Waals surface area contributed by atoms with Crippen molar-refractivity contribution in [2.75, 3.05) is 7.11 Å². The van der Waals surface area contributed by atoms with Crippen LogP contribution in [0.5, 0.6) is 0 Å². The molecule has 0 radical (unpaired) electrons. The van der Waals surface area contributed by atoms with Crippen LogP contribution >= 0.6 is 0 Å². The molecule has 1 aliphatic carbocycles. The lowest BCUT2D eigenvalue weighted by Crippen LogP contribution is -2.45. The molecule has 0 N–H and O–H groups in total. The van der Waals surface area contributed by atoms with Crippen LogP contribution in [0.3, 0.4) is 0 Å². The molecule has 0 bridgehead atoms. The van der Waals surface area contributed by atoms with Gasteiger partial charge in [0.05, 0.1) is 18.1 Å². The number of carbonyl (C=O) groups excluding carboxylic acids is 1.